The summed E-state index contributed by atoms with van der Waals surface area (Å²) in [5, 5.41) is 11.4. The predicted molar refractivity (Wildman–Crippen MR) is 48.3 cm³/mol. The Morgan fingerprint density at radius 3 is 2.67 bits per heavy atom. The summed E-state index contributed by atoms with van der Waals surface area (Å²) < 4.78 is 0. The number of rotatable bonds is 2. The molecule has 1 heterocycles. The molecule has 0 bridgehead atoms. The molecule has 0 atom stereocenters. The molecule has 64 valence electrons. The van der Waals surface area contributed by atoms with E-state index in [1.807, 2.05) is 6.07 Å². The molecule has 12 heavy (non-hydrogen) atoms. The molecule has 3 nitrogen and oxygen atoms in total. The first kappa shape index (κ1) is 7.80. The van der Waals surface area contributed by atoms with Crippen LogP contribution >= 0.6 is 11.6 Å². The van der Waals surface area contributed by atoms with E-state index in [0.717, 1.165) is 5.82 Å². The van der Waals surface area contributed by atoms with Gasteiger partial charge in [-0.1, -0.05) is 11.6 Å². The number of nitrogens with zero attached hydrogens (tertiary/aromatic N) is 2. The van der Waals surface area contributed by atoms with Crippen molar-refractivity contribution in [3.8, 4) is 0 Å². The van der Waals surface area contributed by atoms with Gasteiger partial charge in [0.25, 0.3) is 0 Å². The van der Waals surface area contributed by atoms with Crippen LogP contribution in [0.15, 0.2) is 12.1 Å². The summed E-state index contributed by atoms with van der Waals surface area (Å²) in [4.78, 5) is 0. The lowest BCUT2D eigenvalue weighted by Crippen LogP contribution is -2.16. The third kappa shape index (κ3) is 1.67. The molecule has 0 aromatic carbocycles. The van der Waals surface area contributed by atoms with E-state index >= 15 is 0 Å². The van der Waals surface area contributed by atoms with Crippen molar-refractivity contribution >= 4 is 17.4 Å². The topological polar surface area (TPSA) is 37.8 Å². The molecule has 1 aliphatic carbocycles. The third-order valence-corrected chi connectivity index (χ3v) is 2.26. The summed E-state index contributed by atoms with van der Waals surface area (Å²) in [6.45, 7) is 2.17. The van der Waals surface area contributed by atoms with E-state index in [-0.39, 0.29) is 5.54 Å². The minimum atomic E-state index is 0.252. The highest BCUT2D eigenvalue weighted by Gasteiger charge is 2.37. The standard InChI is InChI=1S/C8H10ClN3/c1-8(4-5-8)10-7-3-2-6(9)11-12-7/h2-3H,4-5H2,1H3,(H,10,12). The molecule has 0 aliphatic heterocycles. The lowest BCUT2D eigenvalue weighted by Gasteiger charge is -2.10. The average molecular weight is 184 g/mol. The molecule has 1 saturated carbocycles. The van der Waals surface area contributed by atoms with Crippen LogP contribution in [-0.4, -0.2) is 15.7 Å². The molecule has 0 radical (unpaired) electrons. The zero-order valence-electron chi connectivity index (χ0n) is 6.84. The van der Waals surface area contributed by atoms with Crippen molar-refractivity contribution in [1.82, 2.24) is 10.2 Å². The van der Waals surface area contributed by atoms with Gasteiger partial charge >= 0.3 is 0 Å². The molecule has 1 aliphatic rings. The van der Waals surface area contributed by atoms with Gasteiger partial charge < -0.3 is 5.32 Å². The van der Waals surface area contributed by atoms with E-state index in [1.165, 1.54) is 12.8 Å². The van der Waals surface area contributed by atoms with Gasteiger partial charge in [-0.25, -0.2) is 0 Å². The van der Waals surface area contributed by atoms with Gasteiger partial charge in [-0.3, -0.25) is 0 Å². The monoisotopic (exact) mass is 183 g/mol. The number of hydrogen-bond acceptors (Lipinski definition) is 3. The van der Waals surface area contributed by atoms with E-state index in [2.05, 4.69) is 22.4 Å². The summed E-state index contributed by atoms with van der Waals surface area (Å²) in [6.07, 6.45) is 2.41. The molecule has 0 amide bonds. The minimum absolute atomic E-state index is 0.252. The number of aromatic nitrogens is 2. The number of halogens is 1. The second kappa shape index (κ2) is 2.59. The van der Waals surface area contributed by atoms with Crippen molar-refractivity contribution in [2.75, 3.05) is 5.32 Å². The van der Waals surface area contributed by atoms with E-state index in [0.29, 0.717) is 5.15 Å². The van der Waals surface area contributed by atoms with E-state index in [1.54, 1.807) is 6.07 Å². The highest BCUT2D eigenvalue weighted by atomic mass is 35.5. The summed E-state index contributed by atoms with van der Waals surface area (Å²) in [5.74, 6) is 0.805. The van der Waals surface area contributed by atoms with E-state index in [4.69, 9.17) is 11.6 Å². The lowest BCUT2D eigenvalue weighted by atomic mass is 10.3. The van der Waals surface area contributed by atoms with Crippen LogP contribution in [-0.2, 0) is 0 Å². The first-order valence-corrected chi connectivity index (χ1v) is 4.33. The Labute approximate surface area is 76.1 Å². The van der Waals surface area contributed by atoms with Crippen LogP contribution < -0.4 is 5.32 Å². The van der Waals surface area contributed by atoms with Crippen LogP contribution in [0.3, 0.4) is 0 Å². The van der Waals surface area contributed by atoms with Crippen LogP contribution in [0.1, 0.15) is 19.8 Å². The van der Waals surface area contributed by atoms with Crippen molar-refractivity contribution in [1.29, 1.82) is 0 Å². The van der Waals surface area contributed by atoms with Gasteiger partial charge in [-0.05, 0) is 31.9 Å². The second-order valence-corrected chi connectivity index (χ2v) is 3.81. The average Bonchev–Trinajstić information content (AvgIpc) is 2.74. The molecule has 0 unspecified atom stereocenters. The minimum Gasteiger partial charge on any atom is -0.363 e. The van der Waals surface area contributed by atoms with Gasteiger partial charge in [-0.15, -0.1) is 10.2 Å². The number of nitrogens with one attached hydrogen (secondary N) is 1. The lowest BCUT2D eigenvalue weighted by molar-refractivity contribution is 0.812. The van der Waals surface area contributed by atoms with Crippen LogP contribution in [0.4, 0.5) is 5.82 Å². The first-order chi connectivity index (χ1) is 5.68. The van der Waals surface area contributed by atoms with Crippen LogP contribution in [0, 0.1) is 0 Å². The van der Waals surface area contributed by atoms with Crippen molar-refractivity contribution in [2.45, 2.75) is 25.3 Å². The fourth-order valence-electron chi connectivity index (χ4n) is 1.00. The molecular formula is C8H10ClN3. The van der Waals surface area contributed by atoms with Gasteiger partial charge in [0.15, 0.2) is 5.15 Å². The van der Waals surface area contributed by atoms with Gasteiger partial charge in [0, 0.05) is 5.54 Å². The van der Waals surface area contributed by atoms with Crippen molar-refractivity contribution in [2.24, 2.45) is 0 Å². The molecule has 2 rings (SSSR count). The van der Waals surface area contributed by atoms with Gasteiger partial charge in [0.2, 0.25) is 0 Å². The Morgan fingerprint density at radius 2 is 2.17 bits per heavy atom. The zero-order valence-corrected chi connectivity index (χ0v) is 7.60. The van der Waals surface area contributed by atoms with Crippen LogP contribution in [0.5, 0.6) is 0 Å². The van der Waals surface area contributed by atoms with Gasteiger partial charge in [0.1, 0.15) is 5.82 Å². The normalized spacial score (nSPS) is 18.8. The molecule has 1 fully saturated rings. The summed E-state index contributed by atoms with van der Waals surface area (Å²) in [5.41, 5.74) is 0.252. The van der Waals surface area contributed by atoms with Crippen LogP contribution in [0.25, 0.3) is 0 Å². The molecule has 1 aromatic heterocycles. The maximum Gasteiger partial charge on any atom is 0.151 e. The third-order valence-electron chi connectivity index (χ3n) is 2.06. The van der Waals surface area contributed by atoms with Crippen molar-refractivity contribution < 1.29 is 0 Å². The Balaban J connectivity index is 2.08. The van der Waals surface area contributed by atoms with Crippen molar-refractivity contribution in [3.63, 3.8) is 0 Å². The molecule has 1 aromatic rings. The largest absolute Gasteiger partial charge is 0.363 e. The maximum atomic E-state index is 5.60. The highest BCUT2D eigenvalue weighted by Crippen LogP contribution is 2.37. The Bertz CT molecular complexity index is 279. The van der Waals surface area contributed by atoms with Gasteiger partial charge in [0.05, 0.1) is 0 Å². The smallest absolute Gasteiger partial charge is 0.151 e. The molecular weight excluding hydrogens is 174 g/mol. The first-order valence-electron chi connectivity index (χ1n) is 3.95. The summed E-state index contributed by atoms with van der Waals surface area (Å²) in [7, 11) is 0. The van der Waals surface area contributed by atoms with E-state index in [9.17, 15) is 0 Å². The van der Waals surface area contributed by atoms with Gasteiger partial charge in [-0.2, -0.15) is 0 Å². The number of hydrogen-bond donors (Lipinski definition) is 1. The zero-order chi connectivity index (χ0) is 8.60. The predicted octanol–water partition coefficient (Wildman–Crippen LogP) is 2.09. The van der Waals surface area contributed by atoms with Crippen molar-refractivity contribution in [3.05, 3.63) is 17.3 Å². The SMILES string of the molecule is CC1(Nc2ccc(Cl)nn2)CC1. The Kier molecular flexibility index (Phi) is 1.68. The molecule has 1 N–H and O–H groups in total. The summed E-state index contributed by atoms with van der Waals surface area (Å²) in [6, 6.07) is 3.58. The quantitative estimate of drug-likeness (QED) is 0.763. The summed E-state index contributed by atoms with van der Waals surface area (Å²) >= 11 is 5.60. The van der Waals surface area contributed by atoms with Crippen LogP contribution in [0.2, 0.25) is 5.15 Å². The molecule has 4 heteroatoms. The molecule has 0 saturated heterocycles. The fraction of sp³-hybridized carbons (Fsp3) is 0.500. The maximum absolute atomic E-state index is 5.60. The Morgan fingerprint density at radius 1 is 1.42 bits per heavy atom. The number of anilines is 1. The fourth-order valence-corrected chi connectivity index (χ4v) is 1.11. The molecule has 0 spiro atoms. The Hall–Kier alpha value is -0.830. The van der Waals surface area contributed by atoms with E-state index < -0.39 is 0 Å². The highest BCUT2D eigenvalue weighted by molar-refractivity contribution is 6.29. The second-order valence-electron chi connectivity index (χ2n) is 3.43.